The van der Waals surface area contributed by atoms with E-state index in [-0.39, 0.29) is 17.9 Å². The Morgan fingerprint density at radius 2 is 2.08 bits per heavy atom. The van der Waals surface area contributed by atoms with Crippen molar-refractivity contribution in [1.29, 1.82) is 0 Å². The van der Waals surface area contributed by atoms with Crippen LogP contribution in [0.15, 0.2) is 0 Å². The number of hydrogen-bond acceptors (Lipinski definition) is 3. The third-order valence-electron chi connectivity index (χ3n) is 2.39. The second kappa shape index (κ2) is 3.77. The van der Waals surface area contributed by atoms with Crippen LogP contribution in [0.2, 0.25) is 0 Å². The normalized spacial score (nSPS) is 27.5. The van der Waals surface area contributed by atoms with E-state index in [0.29, 0.717) is 18.9 Å². The first-order chi connectivity index (χ1) is 6.06. The Hall–Kier alpha value is -1.06. The molecule has 0 aromatic carbocycles. The minimum Gasteiger partial charge on any atom is -0.467 e. The summed E-state index contributed by atoms with van der Waals surface area (Å²) in [7, 11) is 1.35. The maximum absolute atomic E-state index is 11.3. The Bertz CT molecular complexity index is 227. The molecule has 1 heterocycles. The summed E-state index contributed by atoms with van der Waals surface area (Å²) in [6, 6.07) is -0.363. The highest BCUT2D eigenvalue weighted by Gasteiger charge is 2.36. The van der Waals surface area contributed by atoms with Crippen molar-refractivity contribution in [3.63, 3.8) is 0 Å². The fraction of sp³-hybridized carbons (Fsp3) is 0.778. The second-order valence-corrected chi connectivity index (χ2v) is 3.55. The average molecular weight is 186 g/mol. The molecule has 0 N–H and O–H groups in total. The minimum atomic E-state index is -0.363. The van der Waals surface area contributed by atoms with Gasteiger partial charge in [-0.2, -0.15) is 0 Å². The molecule has 0 bridgehead atoms. The maximum Gasteiger partial charge on any atom is 0.328 e. The van der Waals surface area contributed by atoms with Crippen LogP contribution in [0.1, 0.15) is 20.3 Å². The summed E-state index contributed by atoms with van der Waals surface area (Å²) < 4.78 is 4.63. The molecule has 1 aliphatic rings. The molecule has 2 atom stereocenters. The zero-order chi connectivity index (χ0) is 10.0. The van der Waals surface area contributed by atoms with Crippen LogP contribution >= 0.6 is 0 Å². The quantitative estimate of drug-likeness (QED) is 0.440. The summed E-state index contributed by atoms with van der Waals surface area (Å²) in [5.74, 6) is 0.0206. The summed E-state index contributed by atoms with van der Waals surface area (Å²) in [5, 5.41) is 0. The summed E-state index contributed by atoms with van der Waals surface area (Å²) in [6.45, 7) is 4.17. The molecule has 1 aliphatic heterocycles. The van der Waals surface area contributed by atoms with Gasteiger partial charge in [0.15, 0.2) is 0 Å². The molecule has 1 fully saturated rings. The molecular weight excluding hydrogens is 171 g/mol. The molecule has 1 amide bonds. The molecule has 0 saturated carbocycles. The van der Waals surface area contributed by atoms with Crippen LogP contribution in [0.4, 0.5) is 0 Å². The summed E-state index contributed by atoms with van der Waals surface area (Å²) >= 11 is 0. The summed E-state index contributed by atoms with van der Waals surface area (Å²) in [4.78, 5) is 24.0. The molecule has 13 heavy (non-hydrogen) atoms. The van der Waals surface area contributed by atoms with Crippen molar-refractivity contribution in [1.82, 2.24) is 4.90 Å². The molecule has 1 saturated heterocycles. The van der Waals surface area contributed by atoms with Crippen molar-refractivity contribution in [2.75, 3.05) is 13.7 Å². The van der Waals surface area contributed by atoms with Gasteiger partial charge in [-0.3, -0.25) is 4.79 Å². The SMILES string of the molecule is COC(=O)[C@@H]1C[C@@H](C)CN1C([13CH3])=O. The Kier molecular flexibility index (Phi) is 2.90. The van der Waals surface area contributed by atoms with Gasteiger partial charge in [-0.05, 0) is 12.3 Å². The van der Waals surface area contributed by atoms with Crippen molar-refractivity contribution in [3.8, 4) is 0 Å². The number of rotatable bonds is 1. The number of amides is 1. The predicted octanol–water partition coefficient (Wildman–Crippen LogP) is 0.416. The Morgan fingerprint density at radius 1 is 1.46 bits per heavy atom. The fourth-order valence-electron chi connectivity index (χ4n) is 1.75. The zero-order valence-electron chi connectivity index (χ0n) is 8.24. The van der Waals surface area contributed by atoms with E-state index < -0.39 is 0 Å². The van der Waals surface area contributed by atoms with Crippen molar-refractivity contribution < 1.29 is 14.3 Å². The van der Waals surface area contributed by atoms with Crippen molar-refractivity contribution >= 4 is 11.9 Å². The van der Waals surface area contributed by atoms with Gasteiger partial charge in [0.2, 0.25) is 5.91 Å². The number of methoxy groups -OCH3 is 1. The number of ether oxygens (including phenoxy) is 1. The number of esters is 1. The molecule has 0 aliphatic carbocycles. The third kappa shape index (κ3) is 1.99. The van der Waals surface area contributed by atoms with E-state index in [2.05, 4.69) is 4.74 Å². The molecule has 0 spiro atoms. The van der Waals surface area contributed by atoms with Gasteiger partial charge < -0.3 is 9.64 Å². The first-order valence-electron chi connectivity index (χ1n) is 4.41. The Labute approximate surface area is 77.8 Å². The number of likely N-dealkylation sites (tertiary alicyclic amines) is 1. The number of carbonyl (C=O) groups excluding carboxylic acids is 2. The zero-order valence-corrected chi connectivity index (χ0v) is 8.24. The van der Waals surface area contributed by atoms with Gasteiger partial charge in [0.25, 0.3) is 0 Å². The molecule has 4 heteroatoms. The van der Waals surface area contributed by atoms with Crippen molar-refractivity contribution in [3.05, 3.63) is 0 Å². The molecule has 1 rings (SSSR count). The fourth-order valence-corrected chi connectivity index (χ4v) is 1.75. The van der Waals surface area contributed by atoms with Gasteiger partial charge in [0.1, 0.15) is 6.04 Å². The number of carbonyl (C=O) groups is 2. The van der Waals surface area contributed by atoms with E-state index in [0.717, 1.165) is 0 Å². The van der Waals surface area contributed by atoms with Crippen LogP contribution in [0.25, 0.3) is 0 Å². The molecule has 0 aromatic rings. The van der Waals surface area contributed by atoms with E-state index in [1.54, 1.807) is 4.90 Å². The van der Waals surface area contributed by atoms with Crippen LogP contribution in [0, 0.1) is 5.92 Å². The average Bonchev–Trinajstić information content (AvgIpc) is 2.46. The largest absolute Gasteiger partial charge is 0.467 e. The lowest BCUT2D eigenvalue weighted by molar-refractivity contribution is -0.150. The monoisotopic (exact) mass is 186 g/mol. The molecule has 0 unspecified atom stereocenters. The second-order valence-electron chi connectivity index (χ2n) is 3.55. The number of nitrogens with zero attached hydrogens (tertiary/aromatic N) is 1. The lowest BCUT2D eigenvalue weighted by Crippen LogP contribution is -2.39. The first kappa shape index (κ1) is 10.0. The van der Waals surface area contributed by atoms with E-state index in [1.165, 1.54) is 14.0 Å². The van der Waals surface area contributed by atoms with Crippen LogP contribution in [-0.4, -0.2) is 36.5 Å². The molecule has 0 radical (unpaired) electrons. The van der Waals surface area contributed by atoms with Crippen LogP contribution < -0.4 is 0 Å². The smallest absolute Gasteiger partial charge is 0.328 e. The topological polar surface area (TPSA) is 46.6 Å². The Balaban J connectivity index is 2.71. The third-order valence-corrected chi connectivity index (χ3v) is 2.39. The van der Waals surface area contributed by atoms with E-state index >= 15 is 0 Å². The molecule has 0 aromatic heterocycles. The molecular formula is C9H15NO3. The lowest BCUT2D eigenvalue weighted by atomic mass is 10.1. The molecule has 74 valence electrons. The molecule has 4 nitrogen and oxygen atoms in total. The maximum atomic E-state index is 11.3. The Morgan fingerprint density at radius 3 is 2.54 bits per heavy atom. The van der Waals surface area contributed by atoms with Crippen LogP contribution in [0.3, 0.4) is 0 Å². The van der Waals surface area contributed by atoms with Gasteiger partial charge in [0, 0.05) is 13.5 Å². The van der Waals surface area contributed by atoms with Crippen molar-refractivity contribution in [2.45, 2.75) is 26.3 Å². The van der Waals surface area contributed by atoms with Crippen LogP contribution in [0.5, 0.6) is 0 Å². The van der Waals surface area contributed by atoms with Gasteiger partial charge in [-0.25, -0.2) is 4.79 Å². The van der Waals surface area contributed by atoms with E-state index in [9.17, 15) is 9.59 Å². The van der Waals surface area contributed by atoms with Gasteiger partial charge in [0.05, 0.1) is 7.11 Å². The standard InChI is InChI=1S/C9H15NO3/c1-6-4-8(9(12)13-3)10(5-6)7(2)11/h6,8H,4-5H2,1-3H3/t6-,8+/m1/s1/i2+1. The summed E-state index contributed by atoms with van der Waals surface area (Å²) in [6.07, 6.45) is 0.715. The highest BCUT2D eigenvalue weighted by molar-refractivity contribution is 5.83. The van der Waals surface area contributed by atoms with Crippen molar-refractivity contribution in [2.24, 2.45) is 5.92 Å². The summed E-state index contributed by atoms with van der Waals surface area (Å²) in [5.41, 5.74) is 0. The minimum absolute atomic E-state index is 0.0558. The van der Waals surface area contributed by atoms with Gasteiger partial charge >= 0.3 is 5.97 Å². The van der Waals surface area contributed by atoms with E-state index in [4.69, 9.17) is 0 Å². The van der Waals surface area contributed by atoms with Crippen LogP contribution in [-0.2, 0) is 14.3 Å². The predicted molar refractivity (Wildman–Crippen MR) is 47.0 cm³/mol. The first-order valence-corrected chi connectivity index (χ1v) is 4.41. The highest BCUT2D eigenvalue weighted by atomic mass is 16.5. The lowest BCUT2D eigenvalue weighted by Gasteiger charge is -2.20. The van der Waals surface area contributed by atoms with Gasteiger partial charge in [-0.1, -0.05) is 6.92 Å². The highest BCUT2D eigenvalue weighted by Crippen LogP contribution is 2.23. The number of hydrogen-bond donors (Lipinski definition) is 0. The van der Waals surface area contributed by atoms with E-state index in [1.807, 2.05) is 6.92 Å². The van der Waals surface area contributed by atoms with Gasteiger partial charge in [-0.15, -0.1) is 0 Å².